The molecule has 3 N–H and O–H groups in total. The van der Waals surface area contributed by atoms with E-state index in [1.54, 1.807) is 7.11 Å². The third-order valence-electron chi connectivity index (χ3n) is 3.60. The van der Waals surface area contributed by atoms with E-state index >= 15 is 0 Å². The SMILES string of the molecule is CCC(C)C(N)C(=O)Nc1cccc(CS(=O)CCOC)c1.Cl. The fourth-order valence-electron chi connectivity index (χ4n) is 1.91. The molecule has 0 aliphatic carbocycles. The molecule has 0 bridgehead atoms. The van der Waals surface area contributed by atoms with Crippen molar-refractivity contribution in [3.8, 4) is 0 Å². The fourth-order valence-corrected chi connectivity index (χ4v) is 2.96. The Hall–Kier alpha value is -0.950. The summed E-state index contributed by atoms with van der Waals surface area (Å²) in [5.74, 6) is 0.896. The highest BCUT2D eigenvalue weighted by Gasteiger charge is 2.19. The molecule has 0 fully saturated rings. The maximum Gasteiger partial charge on any atom is 0.241 e. The Morgan fingerprint density at radius 2 is 2.13 bits per heavy atom. The van der Waals surface area contributed by atoms with Crippen LogP contribution in [0.15, 0.2) is 24.3 Å². The standard InChI is InChI=1S/C16H26N2O3S.ClH/c1-4-12(2)15(17)16(19)18-14-7-5-6-13(10-14)11-22(20)9-8-21-3;/h5-7,10,12,15H,4,8-9,11,17H2,1-3H3,(H,18,19);1H. The number of carbonyl (C=O) groups is 1. The smallest absolute Gasteiger partial charge is 0.241 e. The third-order valence-corrected chi connectivity index (χ3v) is 4.87. The van der Waals surface area contributed by atoms with Gasteiger partial charge in [0, 0.05) is 35.1 Å². The lowest BCUT2D eigenvalue weighted by atomic mass is 9.99. The Morgan fingerprint density at radius 1 is 1.43 bits per heavy atom. The van der Waals surface area contributed by atoms with Gasteiger partial charge in [0.05, 0.1) is 12.6 Å². The Balaban J connectivity index is 0.00000484. The molecule has 1 amide bonds. The first kappa shape index (κ1) is 22.1. The van der Waals surface area contributed by atoms with Crippen LogP contribution in [0.5, 0.6) is 0 Å². The lowest BCUT2D eigenvalue weighted by molar-refractivity contribution is -0.118. The largest absolute Gasteiger partial charge is 0.384 e. The van der Waals surface area contributed by atoms with Crippen LogP contribution in [0.4, 0.5) is 5.69 Å². The summed E-state index contributed by atoms with van der Waals surface area (Å²) < 4.78 is 16.8. The summed E-state index contributed by atoms with van der Waals surface area (Å²) in [4.78, 5) is 12.1. The highest BCUT2D eigenvalue weighted by Crippen LogP contribution is 2.14. The number of hydrogen-bond donors (Lipinski definition) is 2. The maximum atomic E-state index is 12.1. The molecule has 0 saturated carbocycles. The number of amides is 1. The average molecular weight is 363 g/mol. The number of methoxy groups -OCH3 is 1. The van der Waals surface area contributed by atoms with Gasteiger partial charge >= 0.3 is 0 Å². The minimum absolute atomic E-state index is 0. The van der Waals surface area contributed by atoms with E-state index in [-0.39, 0.29) is 24.2 Å². The summed E-state index contributed by atoms with van der Waals surface area (Å²) in [6.45, 7) is 4.44. The van der Waals surface area contributed by atoms with Crippen LogP contribution in [0.1, 0.15) is 25.8 Å². The van der Waals surface area contributed by atoms with Crippen molar-refractivity contribution < 1.29 is 13.7 Å². The molecule has 1 rings (SSSR count). The number of ether oxygens (including phenoxy) is 1. The van der Waals surface area contributed by atoms with Crippen LogP contribution in [0.25, 0.3) is 0 Å². The van der Waals surface area contributed by atoms with Gasteiger partial charge < -0.3 is 15.8 Å². The summed E-state index contributed by atoms with van der Waals surface area (Å²) in [6, 6.07) is 6.86. The Labute approximate surface area is 147 Å². The van der Waals surface area contributed by atoms with Crippen molar-refractivity contribution in [2.24, 2.45) is 11.7 Å². The molecule has 0 spiro atoms. The lowest BCUT2D eigenvalue weighted by Crippen LogP contribution is -2.40. The molecule has 5 nitrogen and oxygen atoms in total. The van der Waals surface area contributed by atoms with Gasteiger partial charge in [-0.15, -0.1) is 12.4 Å². The number of nitrogens with one attached hydrogen (secondary N) is 1. The van der Waals surface area contributed by atoms with E-state index in [9.17, 15) is 9.00 Å². The number of carbonyl (C=O) groups excluding carboxylic acids is 1. The molecule has 0 heterocycles. The van der Waals surface area contributed by atoms with Crippen LogP contribution in [0.3, 0.4) is 0 Å². The van der Waals surface area contributed by atoms with E-state index in [0.717, 1.165) is 12.0 Å². The van der Waals surface area contributed by atoms with Gasteiger partial charge in [0.15, 0.2) is 0 Å². The van der Waals surface area contributed by atoms with Gasteiger partial charge in [-0.25, -0.2) is 0 Å². The first-order valence-electron chi connectivity index (χ1n) is 7.47. The van der Waals surface area contributed by atoms with Crippen molar-refractivity contribution >= 4 is 34.8 Å². The predicted molar refractivity (Wildman–Crippen MR) is 98.3 cm³/mol. The summed E-state index contributed by atoms with van der Waals surface area (Å²) in [6.07, 6.45) is 0.854. The predicted octanol–water partition coefficient (Wildman–Crippen LogP) is 2.32. The van der Waals surface area contributed by atoms with Gasteiger partial charge in [-0.3, -0.25) is 9.00 Å². The summed E-state index contributed by atoms with van der Waals surface area (Å²) >= 11 is 0. The monoisotopic (exact) mass is 362 g/mol. The van der Waals surface area contributed by atoms with Gasteiger partial charge in [-0.05, 0) is 23.6 Å². The number of benzene rings is 1. The molecule has 0 aliphatic heterocycles. The van der Waals surface area contributed by atoms with Crippen molar-refractivity contribution in [1.29, 1.82) is 0 Å². The average Bonchev–Trinajstić information content (AvgIpc) is 2.51. The maximum absolute atomic E-state index is 12.1. The molecule has 1 aromatic carbocycles. The van der Waals surface area contributed by atoms with Crippen LogP contribution in [0.2, 0.25) is 0 Å². The van der Waals surface area contributed by atoms with Gasteiger partial charge in [0.25, 0.3) is 0 Å². The molecule has 1 aromatic rings. The van der Waals surface area contributed by atoms with Crippen LogP contribution < -0.4 is 11.1 Å². The quantitative estimate of drug-likeness (QED) is 0.706. The molecule has 3 atom stereocenters. The molecular formula is C16H27ClN2O3S. The number of anilines is 1. The van der Waals surface area contributed by atoms with Gasteiger partial charge in [-0.1, -0.05) is 32.4 Å². The highest BCUT2D eigenvalue weighted by molar-refractivity contribution is 7.84. The zero-order valence-corrected chi connectivity index (χ0v) is 15.5. The summed E-state index contributed by atoms with van der Waals surface area (Å²) in [7, 11) is 0.619. The topological polar surface area (TPSA) is 81.4 Å². The van der Waals surface area contributed by atoms with Gasteiger partial charge in [0.2, 0.25) is 5.91 Å². The van der Waals surface area contributed by atoms with E-state index in [1.165, 1.54) is 0 Å². The van der Waals surface area contributed by atoms with E-state index in [1.807, 2.05) is 38.1 Å². The van der Waals surface area contributed by atoms with Crippen molar-refractivity contribution in [2.75, 3.05) is 24.8 Å². The number of hydrogen-bond acceptors (Lipinski definition) is 4. The molecule has 132 valence electrons. The molecule has 0 radical (unpaired) electrons. The van der Waals surface area contributed by atoms with Crippen LogP contribution in [0, 0.1) is 5.92 Å². The van der Waals surface area contributed by atoms with Crippen LogP contribution >= 0.6 is 12.4 Å². The first-order chi connectivity index (χ1) is 10.5. The first-order valence-corrected chi connectivity index (χ1v) is 8.96. The van der Waals surface area contributed by atoms with E-state index < -0.39 is 16.8 Å². The van der Waals surface area contributed by atoms with Crippen molar-refractivity contribution in [2.45, 2.75) is 32.1 Å². The zero-order chi connectivity index (χ0) is 16.5. The number of halogens is 1. The fraction of sp³-hybridized carbons (Fsp3) is 0.562. The number of nitrogens with two attached hydrogens (primary N) is 1. The number of rotatable bonds is 9. The second kappa shape index (κ2) is 11.6. The van der Waals surface area contributed by atoms with E-state index in [2.05, 4.69) is 5.32 Å². The van der Waals surface area contributed by atoms with E-state index in [4.69, 9.17) is 10.5 Å². The lowest BCUT2D eigenvalue weighted by Gasteiger charge is -2.18. The molecule has 3 unspecified atom stereocenters. The molecule has 0 saturated heterocycles. The Kier molecular flexibility index (Phi) is 11.1. The summed E-state index contributed by atoms with van der Waals surface area (Å²) in [5, 5.41) is 2.83. The van der Waals surface area contributed by atoms with Crippen molar-refractivity contribution in [1.82, 2.24) is 0 Å². The molecule has 0 aromatic heterocycles. The zero-order valence-electron chi connectivity index (χ0n) is 13.9. The minimum atomic E-state index is -0.972. The Morgan fingerprint density at radius 3 is 2.74 bits per heavy atom. The molecular weight excluding hydrogens is 336 g/mol. The third kappa shape index (κ3) is 7.92. The second-order valence-electron chi connectivity index (χ2n) is 5.38. The molecule has 23 heavy (non-hydrogen) atoms. The second-order valence-corrected chi connectivity index (χ2v) is 6.96. The Bertz CT molecular complexity index is 514. The highest BCUT2D eigenvalue weighted by atomic mass is 35.5. The van der Waals surface area contributed by atoms with Gasteiger partial charge in [-0.2, -0.15) is 0 Å². The van der Waals surface area contributed by atoms with Crippen LogP contribution in [-0.4, -0.2) is 35.6 Å². The normalized spacial score (nSPS) is 14.4. The summed E-state index contributed by atoms with van der Waals surface area (Å²) in [5.41, 5.74) is 7.52. The van der Waals surface area contributed by atoms with Crippen LogP contribution in [-0.2, 0) is 26.1 Å². The molecule has 0 aliphatic rings. The van der Waals surface area contributed by atoms with E-state index in [0.29, 0.717) is 23.8 Å². The molecule has 7 heteroatoms. The minimum Gasteiger partial charge on any atom is -0.384 e. The van der Waals surface area contributed by atoms with Crippen molar-refractivity contribution in [3.63, 3.8) is 0 Å². The van der Waals surface area contributed by atoms with Crippen molar-refractivity contribution in [3.05, 3.63) is 29.8 Å². The van der Waals surface area contributed by atoms with Gasteiger partial charge in [0.1, 0.15) is 0 Å².